The molecule has 0 radical (unpaired) electrons. The summed E-state index contributed by atoms with van der Waals surface area (Å²) >= 11 is 3.16. The van der Waals surface area contributed by atoms with E-state index in [2.05, 4.69) is 5.32 Å². The summed E-state index contributed by atoms with van der Waals surface area (Å²) in [6, 6.07) is 7.43. The second-order valence-electron chi connectivity index (χ2n) is 5.11. The van der Waals surface area contributed by atoms with Crippen molar-refractivity contribution in [3.63, 3.8) is 0 Å². The number of aliphatic carboxylic acids is 1. The summed E-state index contributed by atoms with van der Waals surface area (Å²) in [7, 11) is 0. The number of rotatable bonds is 6. The lowest BCUT2D eigenvalue weighted by Crippen LogP contribution is -2.57. The SMILES string of the molecule is CSc1ccc(OC(C)C(=O)NC2(C(=O)O)CCSC2)cc1. The van der Waals surface area contributed by atoms with Gasteiger partial charge in [-0.05, 0) is 49.6 Å². The topological polar surface area (TPSA) is 75.6 Å². The molecular formula is C15H19NO4S2. The van der Waals surface area contributed by atoms with Gasteiger partial charge in [-0.25, -0.2) is 4.79 Å². The molecule has 2 unspecified atom stereocenters. The highest BCUT2D eigenvalue weighted by Crippen LogP contribution is 2.28. The molecule has 5 nitrogen and oxygen atoms in total. The van der Waals surface area contributed by atoms with E-state index in [0.29, 0.717) is 17.9 Å². The van der Waals surface area contributed by atoms with Crippen LogP contribution in [-0.2, 0) is 9.59 Å². The molecule has 1 aromatic rings. The second kappa shape index (κ2) is 7.28. The Bertz CT molecular complexity index is 541. The van der Waals surface area contributed by atoms with E-state index in [9.17, 15) is 14.7 Å². The van der Waals surface area contributed by atoms with Crippen LogP contribution >= 0.6 is 23.5 Å². The summed E-state index contributed by atoms with van der Waals surface area (Å²) < 4.78 is 5.59. The molecule has 2 atom stereocenters. The van der Waals surface area contributed by atoms with Crippen molar-refractivity contribution in [2.24, 2.45) is 0 Å². The standard InChI is InChI=1S/C15H19NO4S2/c1-10(20-11-3-5-12(21-2)6-4-11)13(17)16-15(14(18)19)7-8-22-9-15/h3-6,10H,7-9H2,1-2H3,(H,16,17)(H,18,19). The smallest absolute Gasteiger partial charge is 0.330 e. The van der Waals surface area contributed by atoms with E-state index >= 15 is 0 Å². The number of ether oxygens (including phenoxy) is 1. The van der Waals surface area contributed by atoms with Crippen LogP contribution in [0.1, 0.15) is 13.3 Å². The second-order valence-corrected chi connectivity index (χ2v) is 7.10. The lowest BCUT2D eigenvalue weighted by molar-refractivity contribution is -0.147. The van der Waals surface area contributed by atoms with Crippen LogP contribution in [0, 0.1) is 0 Å². The van der Waals surface area contributed by atoms with Crippen molar-refractivity contribution >= 4 is 35.4 Å². The summed E-state index contributed by atoms with van der Waals surface area (Å²) in [6.45, 7) is 1.62. The molecule has 22 heavy (non-hydrogen) atoms. The minimum absolute atomic E-state index is 0.392. The summed E-state index contributed by atoms with van der Waals surface area (Å²) in [5, 5.41) is 12.0. The average molecular weight is 341 g/mol. The first-order chi connectivity index (χ1) is 10.5. The third kappa shape index (κ3) is 3.89. The van der Waals surface area contributed by atoms with Gasteiger partial charge in [0.2, 0.25) is 0 Å². The van der Waals surface area contributed by atoms with Gasteiger partial charge in [-0.15, -0.1) is 11.8 Å². The third-order valence-corrected chi connectivity index (χ3v) is 5.47. The van der Waals surface area contributed by atoms with Crippen molar-refractivity contribution in [1.29, 1.82) is 0 Å². The molecule has 0 bridgehead atoms. The Balaban J connectivity index is 1.97. The molecule has 1 fully saturated rings. The zero-order valence-corrected chi connectivity index (χ0v) is 14.1. The van der Waals surface area contributed by atoms with Crippen molar-refractivity contribution in [3.8, 4) is 5.75 Å². The van der Waals surface area contributed by atoms with Crippen molar-refractivity contribution in [2.75, 3.05) is 17.8 Å². The molecule has 120 valence electrons. The Morgan fingerprint density at radius 1 is 1.41 bits per heavy atom. The fourth-order valence-electron chi connectivity index (χ4n) is 2.14. The first kappa shape index (κ1) is 17.0. The first-order valence-electron chi connectivity index (χ1n) is 6.91. The van der Waals surface area contributed by atoms with Gasteiger partial charge >= 0.3 is 5.97 Å². The number of hydrogen-bond donors (Lipinski definition) is 2. The van der Waals surface area contributed by atoms with E-state index in [1.165, 1.54) is 11.8 Å². The number of carboxylic acid groups (broad SMARTS) is 1. The average Bonchev–Trinajstić information content (AvgIpc) is 2.98. The number of benzene rings is 1. The molecule has 1 amide bonds. The van der Waals surface area contributed by atoms with Gasteiger partial charge in [-0.1, -0.05) is 0 Å². The molecule has 1 aromatic carbocycles. The number of carboxylic acids is 1. The van der Waals surface area contributed by atoms with Crippen molar-refractivity contribution < 1.29 is 19.4 Å². The monoisotopic (exact) mass is 341 g/mol. The molecule has 2 rings (SSSR count). The van der Waals surface area contributed by atoms with Crippen LogP contribution in [0.5, 0.6) is 5.75 Å². The van der Waals surface area contributed by atoms with Crippen LogP contribution in [0.4, 0.5) is 0 Å². The first-order valence-corrected chi connectivity index (χ1v) is 9.29. The predicted octanol–water partition coefficient (Wildman–Crippen LogP) is 2.25. The highest BCUT2D eigenvalue weighted by Gasteiger charge is 2.44. The maximum Gasteiger partial charge on any atom is 0.330 e. The summed E-state index contributed by atoms with van der Waals surface area (Å²) in [5.41, 5.74) is -1.16. The van der Waals surface area contributed by atoms with E-state index in [1.54, 1.807) is 30.8 Å². The van der Waals surface area contributed by atoms with Gasteiger partial charge in [0, 0.05) is 10.6 Å². The van der Waals surface area contributed by atoms with Crippen LogP contribution in [0.3, 0.4) is 0 Å². The molecule has 0 aromatic heterocycles. The zero-order chi connectivity index (χ0) is 16.2. The minimum Gasteiger partial charge on any atom is -0.481 e. The largest absolute Gasteiger partial charge is 0.481 e. The van der Waals surface area contributed by atoms with Crippen molar-refractivity contribution in [2.45, 2.75) is 29.9 Å². The van der Waals surface area contributed by atoms with Crippen LogP contribution in [0.15, 0.2) is 29.2 Å². The number of thioether (sulfide) groups is 2. The number of carbonyl (C=O) groups excluding carboxylic acids is 1. The van der Waals surface area contributed by atoms with Crippen LogP contribution in [-0.4, -0.2) is 46.4 Å². The van der Waals surface area contributed by atoms with E-state index < -0.39 is 23.5 Å². The summed E-state index contributed by atoms with van der Waals surface area (Å²) in [4.78, 5) is 24.8. The number of hydrogen-bond acceptors (Lipinski definition) is 5. The van der Waals surface area contributed by atoms with Crippen LogP contribution in [0.2, 0.25) is 0 Å². The quantitative estimate of drug-likeness (QED) is 0.773. The predicted molar refractivity (Wildman–Crippen MR) is 88.8 cm³/mol. The van der Waals surface area contributed by atoms with Crippen molar-refractivity contribution in [3.05, 3.63) is 24.3 Å². The van der Waals surface area contributed by atoms with Crippen molar-refractivity contribution in [1.82, 2.24) is 5.32 Å². The fourth-order valence-corrected chi connectivity index (χ4v) is 3.87. The molecule has 0 saturated carbocycles. The molecule has 1 aliphatic rings. The molecule has 2 N–H and O–H groups in total. The molecule has 1 heterocycles. The highest BCUT2D eigenvalue weighted by atomic mass is 32.2. The van der Waals surface area contributed by atoms with E-state index in [1.807, 2.05) is 18.4 Å². The maximum absolute atomic E-state index is 12.2. The van der Waals surface area contributed by atoms with E-state index in [0.717, 1.165) is 10.6 Å². The Morgan fingerprint density at radius 2 is 2.09 bits per heavy atom. The molecule has 1 aliphatic heterocycles. The van der Waals surface area contributed by atoms with Gasteiger partial charge in [0.25, 0.3) is 5.91 Å². The van der Waals surface area contributed by atoms with Gasteiger partial charge in [0.05, 0.1) is 0 Å². The lowest BCUT2D eigenvalue weighted by Gasteiger charge is -2.26. The van der Waals surface area contributed by atoms with Gasteiger partial charge < -0.3 is 15.2 Å². The Labute approximate surface area is 138 Å². The molecular weight excluding hydrogens is 322 g/mol. The normalized spacial score (nSPS) is 22.1. The minimum atomic E-state index is -1.16. The highest BCUT2D eigenvalue weighted by molar-refractivity contribution is 7.99. The third-order valence-electron chi connectivity index (χ3n) is 3.54. The molecule has 0 spiro atoms. The van der Waals surface area contributed by atoms with Gasteiger partial charge in [-0.3, -0.25) is 4.79 Å². The Kier molecular flexibility index (Phi) is 5.63. The Morgan fingerprint density at radius 3 is 2.59 bits per heavy atom. The van der Waals surface area contributed by atoms with Gasteiger partial charge in [0.1, 0.15) is 11.3 Å². The maximum atomic E-state index is 12.2. The number of nitrogens with one attached hydrogen (secondary N) is 1. The zero-order valence-electron chi connectivity index (χ0n) is 12.5. The Hall–Kier alpha value is -1.34. The lowest BCUT2D eigenvalue weighted by atomic mass is 9.99. The van der Waals surface area contributed by atoms with Crippen LogP contribution < -0.4 is 10.1 Å². The summed E-state index contributed by atoms with van der Waals surface area (Å²) in [6.07, 6.45) is 1.67. The molecule has 0 aliphatic carbocycles. The van der Waals surface area contributed by atoms with E-state index in [4.69, 9.17) is 4.74 Å². The number of amides is 1. The molecule has 7 heteroatoms. The van der Waals surface area contributed by atoms with Crippen LogP contribution in [0.25, 0.3) is 0 Å². The summed E-state index contributed by atoms with van der Waals surface area (Å²) in [5.74, 6) is 0.327. The fraction of sp³-hybridized carbons (Fsp3) is 0.467. The number of carbonyl (C=O) groups is 2. The molecule has 1 saturated heterocycles. The van der Waals surface area contributed by atoms with E-state index in [-0.39, 0.29) is 0 Å². The van der Waals surface area contributed by atoms with Gasteiger partial charge in [0.15, 0.2) is 6.10 Å². The van der Waals surface area contributed by atoms with Gasteiger partial charge in [-0.2, -0.15) is 11.8 Å².